The Morgan fingerprint density at radius 1 is 1.38 bits per heavy atom. The van der Waals surface area contributed by atoms with Crippen molar-refractivity contribution in [1.82, 2.24) is 4.90 Å². The van der Waals surface area contributed by atoms with Gasteiger partial charge in [0.15, 0.2) is 0 Å². The van der Waals surface area contributed by atoms with Crippen molar-refractivity contribution < 1.29 is 0 Å². The molecule has 1 heterocycles. The van der Waals surface area contributed by atoms with Crippen LogP contribution in [0.1, 0.15) is 6.42 Å². The van der Waals surface area contributed by atoms with Gasteiger partial charge in [0.25, 0.3) is 0 Å². The number of piperidine rings is 1. The predicted molar refractivity (Wildman–Crippen MR) is 68.3 cm³/mol. The average molecular weight is 217 g/mol. The van der Waals surface area contributed by atoms with Crippen LogP contribution < -0.4 is 5.32 Å². The van der Waals surface area contributed by atoms with E-state index in [0.717, 1.165) is 37.5 Å². The first-order valence-electron chi connectivity index (χ1n) is 5.80. The third-order valence-electron chi connectivity index (χ3n) is 3.11. The molecule has 16 heavy (non-hydrogen) atoms. The number of hydrogen-bond donors (Lipinski definition) is 2. The molecule has 3 nitrogen and oxygen atoms in total. The molecule has 1 aromatic rings. The van der Waals surface area contributed by atoms with Crippen LogP contribution in [-0.2, 0) is 0 Å². The number of hydrogen-bond acceptors (Lipinski definition) is 3. The van der Waals surface area contributed by atoms with Gasteiger partial charge in [0, 0.05) is 37.0 Å². The molecule has 0 bridgehead atoms. The van der Waals surface area contributed by atoms with E-state index in [4.69, 9.17) is 5.41 Å². The molecule has 1 unspecified atom stereocenters. The summed E-state index contributed by atoms with van der Waals surface area (Å²) in [6.45, 7) is 2.90. The lowest BCUT2D eigenvalue weighted by Crippen LogP contribution is -2.41. The minimum absolute atomic E-state index is 0.360. The van der Waals surface area contributed by atoms with Crippen molar-refractivity contribution in [3.8, 4) is 0 Å². The van der Waals surface area contributed by atoms with E-state index in [0.29, 0.717) is 5.92 Å². The zero-order valence-corrected chi connectivity index (χ0v) is 9.74. The number of likely N-dealkylation sites (tertiary alicyclic amines) is 1. The molecule has 1 aromatic carbocycles. The summed E-state index contributed by atoms with van der Waals surface area (Å²) in [6, 6.07) is 10.2. The second kappa shape index (κ2) is 5.12. The van der Waals surface area contributed by atoms with E-state index in [-0.39, 0.29) is 0 Å². The highest BCUT2D eigenvalue weighted by Gasteiger charge is 2.21. The molecule has 0 amide bonds. The van der Waals surface area contributed by atoms with Gasteiger partial charge in [-0.05, 0) is 25.6 Å². The van der Waals surface area contributed by atoms with Crippen LogP contribution in [0.3, 0.4) is 0 Å². The molecule has 1 saturated heterocycles. The van der Waals surface area contributed by atoms with Gasteiger partial charge in [0.1, 0.15) is 0 Å². The molecule has 0 radical (unpaired) electrons. The molecule has 1 atom stereocenters. The van der Waals surface area contributed by atoms with Crippen molar-refractivity contribution in [3.63, 3.8) is 0 Å². The minimum Gasteiger partial charge on any atom is -0.384 e. The van der Waals surface area contributed by atoms with Crippen molar-refractivity contribution >= 4 is 11.4 Å². The Hall–Kier alpha value is -1.35. The Kier molecular flexibility index (Phi) is 3.57. The van der Waals surface area contributed by atoms with Crippen LogP contribution in [-0.4, -0.2) is 37.3 Å². The van der Waals surface area contributed by atoms with E-state index < -0.39 is 0 Å². The van der Waals surface area contributed by atoms with Crippen LogP contribution in [0.25, 0.3) is 0 Å². The van der Waals surface area contributed by atoms with Gasteiger partial charge in [-0.2, -0.15) is 0 Å². The first kappa shape index (κ1) is 11.1. The van der Waals surface area contributed by atoms with E-state index in [1.54, 1.807) is 0 Å². The van der Waals surface area contributed by atoms with E-state index >= 15 is 0 Å². The lowest BCUT2D eigenvalue weighted by molar-refractivity contribution is 0.294. The van der Waals surface area contributed by atoms with Crippen molar-refractivity contribution in [3.05, 3.63) is 30.3 Å². The van der Waals surface area contributed by atoms with Gasteiger partial charge in [0.2, 0.25) is 0 Å². The zero-order chi connectivity index (χ0) is 11.4. The summed E-state index contributed by atoms with van der Waals surface area (Å²) in [7, 11) is 2.13. The summed E-state index contributed by atoms with van der Waals surface area (Å²) >= 11 is 0. The van der Waals surface area contributed by atoms with Gasteiger partial charge in [-0.1, -0.05) is 18.2 Å². The fraction of sp³-hybridized carbons (Fsp3) is 0.462. The molecule has 86 valence electrons. The zero-order valence-electron chi connectivity index (χ0n) is 9.74. The van der Waals surface area contributed by atoms with Crippen LogP contribution >= 0.6 is 0 Å². The largest absolute Gasteiger partial charge is 0.384 e. The Balaban J connectivity index is 1.87. The second-order valence-corrected chi connectivity index (χ2v) is 4.48. The second-order valence-electron chi connectivity index (χ2n) is 4.48. The molecule has 2 N–H and O–H groups in total. The summed E-state index contributed by atoms with van der Waals surface area (Å²) in [5.41, 5.74) is 2.03. The Morgan fingerprint density at radius 2 is 2.12 bits per heavy atom. The molecule has 0 spiro atoms. The maximum atomic E-state index is 7.94. The smallest absolute Gasteiger partial charge is 0.0340 e. The van der Waals surface area contributed by atoms with Crippen molar-refractivity contribution in [2.45, 2.75) is 6.42 Å². The molecule has 0 saturated carbocycles. The summed E-state index contributed by atoms with van der Waals surface area (Å²) < 4.78 is 0. The number of benzene rings is 1. The number of anilines is 1. The topological polar surface area (TPSA) is 39.1 Å². The molecule has 0 aliphatic carbocycles. The number of rotatable bonds is 3. The molecule has 0 aromatic heterocycles. The van der Waals surface area contributed by atoms with E-state index in [2.05, 4.69) is 29.4 Å². The van der Waals surface area contributed by atoms with Crippen LogP contribution in [0.2, 0.25) is 0 Å². The fourth-order valence-electron chi connectivity index (χ4n) is 2.08. The van der Waals surface area contributed by atoms with Gasteiger partial charge < -0.3 is 15.6 Å². The third kappa shape index (κ3) is 2.83. The molecule has 1 aliphatic rings. The van der Waals surface area contributed by atoms with Crippen LogP contribution in [0.5, 0.6) is 0 Å². The summed E-state index contributed by atoms with van der Waals surface area (Å²) in [5.74, 6) is 0.360. The predicted octanol–water partition coefficient (Wildman–Crippen LogP) is 2.07. The van der Waals surface area contributed by atoms with Crippen LogP contribution in [0, 0.1) is 11.3 Å². The lowest BCUT2D eigenvalue weighted by Gasteiger charge is -2.30. The fourth-order valence-corrected chi connectivity index (χ4v) is 2.08. The molecule has 1 fully saturated rings. The number of para-hydroxylation sites is 1. The molecular weight excluding hydrogens is 198 g/mol. The van der Waals surface area contributed by atoms with Crippen LogP contribution in [0.15, 0.2) is 30.3 Å². The molecular formula is C13H19N3. The Morgan fingerprint density at radius 3 is 2.88 bits per heavy atom. The van der Waals surface area contributed by atoms with Gasteiger partial charge in [0.05, 0.1) is 0 Å². The molecule has 2 rings (SSSR count). The minimum atomic E-state index is 0.360. The lowest BCUT2D eigenvalue weighted by atomic mass is 9.96. The van der Waals surface area contributed by atoms with Crippen molar-refractivity contribution in [2.24, 2.45) is 5.92 Å². The highest BCUT2D eigenvalue weighted by Crippen LogP contribution is 2.13. The highest BCUT2D eigenvalue weighted by atomic mass is 15.1. The van der Waals surface area contributed by atoms with Crippen LogP contribution in [0.4, 0.5) is 5.69 Å². The van der Waals surface area contributed by atoms with Gasteiger partial charge in [-0.3, -0.25) is 0 Å². The quantitative estimate of drug-likeness (QED) is 0.813. The first-order valence-corrected chi connectivity index (χ1v) is 5.80. The Bertz CT molecular complexity index is 347. The average Bonchev–Trinajstić information content (AvgIpc) is 2.32. The van der Waals surface area contributed by atoms with Gasteiger partial charge >= 0.3 is 0 Å². The Labute approximate surface area is 97.0 Å². The maximum Gasteiger partial charge on any atom is 0.0340 e. The summed E-state index contributed by atoms with van der Waals surface area (Å²) in [4.78, 5) is 2.30. The third-order valence-corrected chi connectivity index (χ3v) is 3.11. The van der Waals surface area contributed by atoms with Gasteiger partial charge in [-0.15, -0.1) is 0 Å². The maximum absolute atomic E-state index is 7.94. The normalized spacial score (nSPS) is 22.1. The number of nitrogens with zero attached hydrogens (tertiary/aromatic N) is 1. The van der Waals surface area contributed by atoms with Crippen molar-refractivity contribution in [1.29, 1.82) is 5.41 Å². The molecule has 3 heteroatoms. The summed E-state index contributed by atoms with van der Waals surface area (Å²) in [6.07, 6.45) is 0.914. The summed E-state index contributed by atoms with van der Waals surface area (Å²) in [5, 5.41) is 11.3. The standard InChI is InChI=1S/C13H19N3/c1-16-8-7-13(14)11(10-16)9-15-12-5-3-2-4-6-12/h2-6,11,14-15H,7-10H2,1H3. The van der Waals surface area contributed by atoms with Gasteiger partial charge in [-0.25, -0.2) is 0 Å². The van der Waals surface area contributed by atoms with E-state index in [9.17, 15) is 0 Å². The number of nitrogens with one attached hydrogen (secondary N) is 2. The SMILES string of the molecule is CN1CCC(=N)C(CNc2ccccc2)C1. The molecule has 1 aliphatic heterocycles. The van der Waals surface area contributed by atoms with Crippen molar-refractivity contribution in [2.75, 3.05) is 32.0 Å². The highest BCUT2D eigenvalue weighted by molar-refractivity contribution is 5.85. The van der Waals surface area contributed by atoms with E-state index in [1.165, 1.54) is 0 Å². The first-order chi connectivity index (χ1) is 7.75. The van der Waals surface area contributed by atoms with E-state index in [1.807, 2.05) is 18.2 Å². The monoisotopic (exact) mass is 217 g/mol.